The highest BCUT2D eigenvalue weighted by molar-refractivity contribution is 5.07. The summed E-state index contributed by atoms with van der Waals surface area (Å²) >= 11 is 0. The van der Waals surface area contributed by atoms with Crippen LogP contribution in [0.25, 0.3) is 0 Å². The minimum Gasteiger partial charge on any atom is -0.370 e. The van der Waals surface area contributed by atoms with Gasteiger partial charge in [-0.15, -0.1) is 0 Å². The predicted molar refractivity (Wildman–Crippen MR) is 80.1 cm³/mol. The van der Waals surface area contributed by atoms with Crippen LogP contribution in [-0.4, -0.2) is 30.3 Å². The maximum atomic E-state index is 5.86. The molecule has 1 aromatic rings. The van der Waals surface area contributed by atoms with E-state index < -0.39 is 0 Å². The summed E-state index contributed by atoms with van der Waals surface area (Å²) in [6, 6.07) is 0. The molecule has 0 bridgehead atoms. The standard InChI is InChI=1S/C16H27N3O2/c1-15(2)6-8-16(20-3,9-7-15)14-18-13(21-19-14)12-4-10-17-11-5-12/h12,17H,4-11H2,1-3H3. The van der Waals surface area contributed by atoms with Crippen molar-refractivity contribution in [2.24, 2.45) is 5.41 Å². The van der Waals surface area contributed by atoms with Gasteiger partial charge in [0.05, 0.1) is 0 Å². The Kier molecular flexibility index (Phi) is 4.06. The first-order chi connectivity index (χ1) is 10.0. The van der Waals surface area contributed by atoms with Gasteiger partial charge in [0.15, 0.2) is 0 Å². The van der Waals surface area contributed by atoms with Crippen molar-refractivity contribution >= 4 is 0 Å². The number of rotatable bonds is 3. The Hall–Kier alpha value is -0.940. The first-order valence-corrected chi connectivity index (χ1v) is 8.15. The lowest BCUT2D eigenvalue weighted by molar-refractivity contribution is -0.0740. The highest BCUT2D eigenvalue weighted by Gasteiger charge is 2.43. The molecule has 3 rings (SSSR count). The topological polar surface area (TPSA) is 60.2 Å². The molecule has 5 nitrogen and oxygen atoms in total. The van der Waals surface area contributed by atoms with Gasteiger partial charge in [-0.05, 0) is 57.0 Å². The van der Waals surface area contributed by atoms with E-state index in [1.165, 1.54) is 0 Å². The van der Waals surface area contributed by atoms with Crippen molar-refractivity contribution in [3.8, 4) is 0 Å². The van der Waals surface area contributed by atoms with Gasteiger partial charge in [-0.2, -0.15) is 4.98 Å². The Morgan fingerprint density at radius 3 is 2.43 bits per heavy atom. The molecule has 1 aliphatic carbocycles. The van der Waals surface area contributed by atoms with Crippen LogP contribution in [0.1, 0.15) is 70.0 Å². The fourth-order valence-electron chi connectivity index (χ4n) is 3.50. The van der Waals surface area contributed by atoms with Crippen molar-refractivity contribution in [2.75, 3.05) is 20.2 Å². The Bertz CT molecular complexity index is 468. The van der Waals surface area contributed by atoms with E-state index in [0.29, 0.717) is 11.3 Å². The van der Waals surface area contributed by atoms with Crippen molar-refractivity contribution in [3.05, 3.63) is 11.7 Å². The predicted octanol–water partition coefficient (Wildman–Crippen LogP) is 2.98. The molecule has 118 valence electrons. The van der Waals surface area contributed by atoms with Crippen molar-refractivity contribution in [1.82, 2.24) is 15.5 Å². The first kappa shape index (κ1) is 15.0. The van der Waals surface area contributed by atoms with Crippen LogP contribution in [0.4, 0.5) is 0 Å². The average molecular weight is 293 g/mol. The van der Waals surface area contributed by atoms with E-state index in [1.54, 1.807) is 7.11 Å². The minimum absolute atomic E-state index is 0.343. The molecule has 2 fully saturated rings. The molecule has 1 N–H and O–H groups in total. The van der Waals surface area contributed by atoms with E-state index in [1.807, 2.05) is 0 Å². The van der Waals surface area contributed by atoms with Crippen LogP contribution in [0, 0.1) is 5.41 Å². The second-order valence-electron chi connectivity index (χ2n) is 7.34. The van der Waals surface area contributed by atoms with Crippen LogP contribution in [0.15, 0.2) is 4.52 Å². The number of nitrogens with one attached hydrogen (secondary N) is 1. The second-order valence-corrected chi connectivity index (χ2v) is 7.34. The number of methoxy groups -OCH3 is 1. The summed E-state index contributed by atoms with van der Waals surface area (Å²) < 4.78 is 11.4. The molecule has 0 amide bonds. The van der Waals surface area contributed by atoms with Crippen LogP contribution < -0.4 is 5.32 Å². The molecule has 0 radical (unpaired) electrons. The molecule has 0 unspecified atom stereocenters. The SMILES string of the molecule is COC1(c2noc(C3CCNCC3)n2)CCC(C)(C)CC1. The fourth-order valence-corrected chi connectivity index (χ4v) is 3.50. The molecule has 2 heterocycles. The maximum Gasteiger partial charge on any atom is 0.229 e. The third-order valence-corrected chi connectivity index (χ3v) is 5.34. The Labute approximate surface area is 126 Å². The van der Waals surface area contributed by atoms with Crippen LogP contribution in [-0.2, 0) is 10.3 Å². The molecule has 0 spiro atoms. The van der Waals surface area contributed by atoms with Crippen molar-refractivity contribution < 1.29 is 9.26 Å². The largest absolute Gasteiger partial charge is 0.370 e. The highest BCUT2D eigenvalue weighted by atomic mass is 16.5. The fraction of sp³-hybridized carbons (Fsp3) is 0.875. The summed E-state index contributed by atoms with van der Waals surface area (Å²) in [7, 11) is 1.78. The summed E-state index contributed by atoms with van der Waals surface area (Å²) in [5.74, 6) is 1.96. The number of aromatic nitrogens is 2. The van der Waals surface area contributed by atoms with Crippen LogP contribution >= 0.6 is 0 Å². The lowest BCUT2D eigenvalue weighted by atomic mass is 9.70. The van der Waals surface area contributed by atoms with Gasteiger partial charge in [-0.3, -0.25) is 0 Å². The number of hydrogen-bond donors (Lipinski definition) is 1. The molecule has 5 heteroatoms. The van der Waals surface area contributed by atoms with Gasteiger partial charge < -0.3 is 14.6 Å². The monoisotopic (exact) mass is 293 g/mol. The minimum atomic E-state index is -0.343. The lowest BCUT2D eigenvalue weighted by Gasteiger charge is -2.40. The van der Waals surface area contributed by atoms with Crippen LogP contribution in [0.3, 0.4) is 0 Å². The van der Waals surface area contributed by atoms with Crippen molar-refractivity contribution in [1.29, 1.82) is 0 Å². The Morgan fingerprint density at radius 1 is 1.14 bits per heavy atom. The third kappa shape index (κ3) is 2.99. The number of ether oxygens (including phenoxy) is 1. The molecule has 0 atom stereocenters. The summed E-state index contributed by atoms with van der Waals surface area (Å²) in [6.07, 6.45) is 6.38. The molecule has 0 aromatic carbocycles. The average Bonchev–Trinajstić information content (AvgIpc) is 2.99. The van der Waals surface area contributed by atoms with Gasteiger partial charge in [0.2, 0.25) is 11.7 Å². The van der Waals surface area contributed by atoms with Gasteiger partial charge in [0.25, 0.3) is 0 Å². The van der Waals surface area contributed by atoms with Gasteiger partial charge in [0.1, 0.15) is 5.60 Å². The summed E-state index contributed by atoms with van der Waals surface area (Å²) in [6.45, 7) is 6.71. The van der Waals surface area contributed by atoms with Crippen molar-refractivity contribution in [3.63, 3.8) is 0 Å². The molecule has 1 saturated heterocycles. The summed E-state index contributed by atoms with van der Waals surface area (Å²) in [5, 5.41) is 7.64. The Morgan fingerprint density at radius 2 is 1.81 bits per heavy atom. The van der Waals surface area contributed by atoms with Gasteiger partial charge in [-0.25, -0.2) is 0 Å². The zero-order chi connectivity index (χ0) is 14.9. The third-order valence-electron chi connectivity index (χ3n) is 5.34. The zero-order valence-electron chi connectivity index (χ0n) is 13.4. The van der Waals surface area contributed by atoms with E-state index in [2.05, 4.69) is 24.3 Å². The smallest absolute Gasteiger partial charge is 0.229 e. The molecule has 21 heavy (non-hydrogen) atoms. The first-order valence-electron chi connectivity index (χ1n) is 8.15. The van der Waals surface area contributed by atoms with Gasteiger partial charge in [-0.1, -0.05) is 19.0 Å². The van der Waals surface area contributed by atoms with Gasteiger partial charge >= 0.3 is 0 Å². The lowest BCUT2D eigenvalue weighted by Crippen LogP contribution is -2.37. The number of hydrogen-bond acceptors (Lipinski definition) is 5. The van der Waals surface area contributed by atoms with Crippen LogP contribution in [0.2, 0.25) is 0 Å². The molecule has 2 aliphatic rings. The van der Waals surface area contributed by atoms with E-state index in [9.17, 15) is 0 Å². The van der Waals surface area contributed by atoms with E-state index in [4.69, 9.17) is 14.2 Å². The molecular formula is C16H27N3O2. The molecule has 1 aliphatic heterocycles. The quantitative estimate of drug-likeness (QED) is 0.928. The summed E-state index contributed by atoms with van der Waals surface area (Å²) in [5.41, 5.74) is 0.0494. The zero-order valence-corrected chi connectivity index (χ0v) is 13.4. The van der Waals surface area contributed by atoms with E-state index in [0.717, 1.165) is 63.3 Å². The van der Waals surface area contributed by atoms with Gasteiger partial charge in [0, 0.05) is 13.0 Å². The van der Waals surface area contributed by atoms with E-state index >= 15 is 0 Å². The number of nitrogens with zero attached hydrogens (tertiary/aromatic N) is 2. The second kappa shape index (κ2) is 5.69. The van der Waals surface area contributed by atoms with E-state index in [-0.39, 0.29) is 5.60 Å². The van der Waals surface area contributed by atoms with Crippen molar-refractivity contribution in [2.45, 2.75) is 63.9 Å². The maximum absolute atomic E-state index is 5.86. The Balaban J connectivity index is 1.77. The normalized spacial score (nSPS) is 25.9. The summed E-state index contributed by atoms with van der Waals surface area (Å²) in [4.78, 5) is 4.72. The molecular weight excluding hydrogens is 266 g/mol. The molecule has 1 aromatic heterocycles. The highest BCUT2D eigenvalue weighted by Crippen LogP contribution is 2.46. The van der Waals surface area contributed by atoms with Crippen LogP contribution in [0.5, 0.6) is 0 Å². The molecule has 1 saturated carbocycles. The number of piperidine rings is 1.